The monoisotopic (exact) mass is 249 g/mol. The first-order chi connectivity index (χ1) is 8.91. The zero-order valence-corrected chi connectivity index (χ0v) is 12.5. The van der Waals surface area contributed by atoms with Gasteiger partial charge in [0, 0.05) is 0 Å². The summed E-state index contributed by atoms with van der Waals surface area (Å²) in [5, 5.41) is 0. The highest BCUT2D eigenvalue weighted by Crippen LogP contribution is 2.11. The van der Waals surface area contributed by atoms with Crippen molar-refractivity contribution in [2.75, 3.05) is 0 Å². The van der Waals surface area contributed by atoms with Crippen molar-refractivity contribution in [3.05, 3.63) is 24.8 Å². The molecule has 0 amide bonds. The van der Waals surface area contributed by atoms with Crippen molar-refractivity contribution in [2.45, 2.75) is 90.4 Å². The molecule has 105 valence electrons. The van der Waals surface area contributed by atoms with Gasteiger partial charge in [-0.25, -0.2) is 0 Å². The van der Waals surface area contributed by atoms with Crippen LogP contribution >= 0.6 is 0 Å². The Labute approximate surface area is 116 Å². The van der Waals surface area contributed by atoms with Gasteiger partial charge < -0.3 is 0 Å². The summed E-state index contributed by atoms with van der Waals surface area (Å²) < 4.78 is 0. The second-order valence-corrected chi connectivity index (χ2v) is 5.26. The van der Waals surface area contributed by atoms with Gasteiger partial charge >= 0.3 is 0 Å². The van der Waals surface area contributed by atoms with Crippen LogP contribution in [-0.4, -0.2) is 0 Å². The van der Waals surface area contributed by atoms with Crippen molar-refractivity contribution in [3.63, 3.8) is 0 Å². The molecule has 0 saturated heterocycles. The molecule has 0 aliphatic rings. The number of rotatable bonds is 14. The predicted molar refractivity (Wildman–Crippen MR) is 83.7 cm³/mol. The summed E-state index contributed by atoms with van der Waals surface area (Å²) in [6, 6.07) is 0. The smallest absolute Gasteiger partial charge is 0.0348 e. The zero-order chi connectivity index (χ0) is 13.3. The van der Waals surface area contributed by atoms with Crippen LogP contribution < -0.4 is 0 Å². The Morgan fingerprint density at radius 3 is 1.56 bits per heavy atom. The van der Waals surface area contributed by atoms with Crippen LogP contribution in [-0.2, 0) is 0 Å². The fourth-order valence-corrected chi connectivity index (χ4v) is 2.14. The van der Waals surface area contributed by atoms with Crippen LogP contribution in [0.3, 0.4) is 0 Å². The summed E-state index contributed by atoms with van der Waals surface area (Å²) in [5.74, 6) is 0. The molecule has 0 fully saturated rings. The van der Waals surface area contributed by atoms with E-state index in [-0.39, 0.29) is 0 Å². The minimum Gasteiger partial charge on any atom is -0.0885 e. The Kier molecular flexibility index (Phi) is 16.0. The first-order valence-corrected chi connectivity index (χ1v) is 8.10. The van der Waals surface area contributed by atoms with E-state index >= 15 is 0 Å². The second-order valence-electron chi connectivity index (χ2n) is 5.26. The average Bonchev–Trinajstić information content (AvgIpc) is 2.39. The van der Waals surface area contributed by atoms with Crippen LogP contribution in [0.25, 0.3) is 0 Å². The molecule has 0 heterocycles. The minimum absolute atomic E-state index is 1.09. The maximum atomic E-state index is 5.35. The maximum absolute atomic E-state index is 5.35. The third-order valence-electron chi connectivity index (χ3n) is 3.38. The summed E-state index contributed by atoms with van der Waals surface area (Å²) in [7, 11) is 0. The van der Waals surface area contributed by atoms with E-state index < -0.39 is 0 Å². The van der Waals surface area contributed by atoms with Crippen molar-refractivity contribution in [2.24, 2.45) is 0 Å². The molecule has 0 nitrogen and oxygen atoms in total. The van der Waals surface area contributed by atoms with Crippen molar-refractivity contribution < 1.29 is 0 Å². The zero-order valence-electron chi connectivity index (χ0n) is 12.5. The quantitative estimate of drug-likeness (QED) is 0.239. The molecule has 1 radical (unpaired) electrons. The topological polar surface area (TPSA) is 0 Å². The molecule has 0 rings (SSSR count). The summed E-state index contributed by atoms with van der Waals surface area (Å²) in [6.45, 7) is 7.60. The molecule has 0 N–H and O–H groups in total. The molecule has 0 unspecified atom stereocenters. The van der Waals surface area contributed by atoms with Gasteiger partial charge in [0.2, 0.25) is 0 Å². The van der Waals surface area contributed by atoms with E-state index in [0.717, 1.165) is 6.42 Å². The van der Waals surface area contributed by atoms with Crippen LogP contribution in [0.1, 0.15) is 90.4 Å². The van der Waals surface area contributed by atoms with Crippen LogP contribution in [0.4, 0.5) is 0 Å². The fourth-order valence-electron chi connectivity index (χ4n) is 2.14. The van der Waals surface area contributed by atoms with Gasteiger partial charge in [0.15, 0.2) is 0 Å². The van der Waals surface area contributed by atoms with Gasteiger partial charge in [0.05, 0.1) is 0 Å². The van der Waals surface area contributed by atoms with E-state index in [4.69, 9.17) is 6.58 Å². The van der Waals surface area contributed by atoms with E-state index in [1.165, 1.54) is 77.0 Å². The second kappa shape index (κ2) is 16.5. The molecule has 0 atom stereocenters. The predicted octanol–water partition coefficient (Wildman–Crippen LogP) is 6.62. The first kappa shape index (κ1) is 17.5. The van der Waals surface area contributed by atoms with Crippen LogP contribution in [0.5, 0.6) is 0 Å². The Morgan fingerprint density at radius 2 is 1.06 bits per heavy atom. The van der Waals surface area contributed by atoms with E-state index in [1.54, 1.807) is 6.08 Å². The Balaban J connectivity index is 2.98. The molecular formula is C18H33. The summed E-state index contributed by atoms with van der Waals surface area (Å²) in [6.07, 6.45) is 23.9. The van der Waals surface area contributed by atoms with Crippen molar-refractivity contribution in [1.29, 1.82) is 0 Å². The number of unbranched alkanes of at least 4 members (excludes halogenated alkanes) is 11. The maximum Gasteiger partial charge on any atom is -0.0348 e. The third kappa shape index (κ3) is 15.5. The Bertz CT molecular complexity index is 178. The lowest BCUT2D eigenvalue weighted by atomic mass is 10.1. The van der Waals surface area contributed by atoms with E-state index in [1.807, 2.05) is 0 Å². The molecule has 0 aliphatic heterocycles. The van der Waals surface area contributed by atoms with Gasteiger partial charge in [0.1, 0.15) is 0 Å². The van der Waals surface area contributed by atoms with Crippen molar-refractivity contribution in [3.8, 4) is 0 Å². The third-order valence-corrected chi connectivity index (χ3v) is 3.38. The molecule has 0 aromatic heterocycles. The summed E-state index contributed by atoms with van der Waals surface area (Å²) in [4.78, 5) is 0. The highest BCUT2D eigenvalue weighted by atomic mass is 14.0. The van der Waals surface area contributed by atoms with Gasteiger partial charge in [-0.15, -0.1) is 0 Å². The Hall–Kier alpha value is -0.520. The normalized spacial score (nSPS) is 11.2. The van der Waals surface area contributed by atoms with Crippen molar-refractivity contribution in [1.82, 2.24) is 0 Å². The molecule has 0 heteroatoms. The molecule has 0 bridgehead atoms. The largest absolute Gasteiger partial charge is 0.0885 e. The number of allylic oxidation sites excluding steroid dienone is 3. The molecule has 0 aromatic carbocycles. The lowest BCUT2D eigenvalue weighted by molar-refractivity contribution is 0.571. The van der Waals surface area contributed by atoms with Crippen LogP contribution in [0.15, 0.2) is 18.2 Å². The van der Waals surface area contributed by atoms with E-state index in [9.17, 15) is 0 Å². The first-order valence-electron chi connectivity index (χ1n) is 8.10. The van der Waals surface area contributed by atoms with E-state index in [0.29, 0.717) is 0 Å². The van der Waals surface area contributed by atoms with Crippen LogP contribution in [0.2, 0.25) is 0 Å². The van der Waals surface area contributed by atoms with Gasteiger partial charge in [-0.05, 0) is 32.1 Å². The number of hydrogen-bond acceptors (Lipinski definition) is 0. The summed E-state index contributed by atoms with van der Waals surface area (Å²) >= 11 is 0. The van der Waals surface area contributed by atoms with Gasteiger partial charge in [-0.2, -0.15) is 0 Å². The van der Waals surface area contributed by atoms with Gasteiger partial charge in [-0.3, -0.25) is 0 Å². The Morgan fingerprint density at radius 1 is 0.611 bits per heavy atom. The lowest BCUT2D eigenvalue weighted by Crippen LogP contribution is -1.81. The highest BCUT2D eigenvalue weighted by Gasteiger charge is 1.91. The molecule has 0 aliphatic carbocycles. The molecular weight excluding hydrogens is 216 g/mol. The summed E-state index contributed by atoms with van der Waals surface area (Å²) in [5.41, 5.74) is 0. The standard InChI is InChI=1S/C18H33/c1-3-5-7-9-11-13-15-17-18-16-14-12-10-8-6-4-2/h1,3,10,12H,4-9,11,13-18H2,2H3. The van der Waals surface area contributed by atoms with Crippen molar-refractivity contribution >= 4 is 0 Å². The van der Waals surface area contributed by atoms with Crippen LogP contribution in [0, 0.1) is 6.58 Å². The number of hydrogen-bond donors (Lipinski definition) is 0. The van der Waals surface area contributed by atoms with Gasteiger partial charge in [0.25, 0.3) is 0 Å². The molecule has 0 aromatic rings. The lowest BCUT2D eigenvalue weighted by Gasteiger charge is -2.00. The minimum atomic E-state index is 1.09. The molecule has 0 saturated carbocycles. The molecule has 0 spiro atoms. The van der Waals surface area contributed by atoms with Gasteiger partial charge in [-0.1, -0.05) is 83.1 Å². The highest BCUT2D eigenvalue weighted by molar-refractivity contribution is 4.81. The fraction of sp³-hybridized carbons (Fsp3) is 0.778. The molecule has 18 heavy (non-hydrogen) atoms. The van der Waals surface area contributed by atoms with E-state index in [2.05, 4.69) is 19.1 Å². The average molecular weight is 249 g/mol. The SMILES string of the molecule is [CH]=CCCCCCCCCCCC=CCCCC.